The second kappa shape index (κ2) is 7.56. The van der Waals surface area contributed by atoms with Crippen molar-refractivity contribution >= 4 is 5.82 Å². The van der Waals surface area contributed by atoms with Crippen molar-refractivity contribution < 1.29 is 14.6 Å². The van der Waals surface area contributed by atoms with Crippen LogP contribution in [-0.2, 0) is 17.8 Å². The Morgan fingerprint density at radius 3 is 2.57 bits per heavy atom. The van der Waals surface area contributed by atoms with Crippen LogP contribution in [0.25, 0.3) is 0 Å². The average molecular weight is 289 g/mol. The largest absolute Gasteiger partial charge is 0.439 e. The molecule has 0 amide bonds. The van der Waals surface area contributed by atoms with Crippen LogP contribution >= 0.6 is 0 Å². The summed E-state index contributed by atoms with van der Waals surface area (Å²) in [7, 11) is 3.38. The third-order valence-electron chi connectivity index (χ3n) is 2.82. The van der Waals surface area contributed by atoms with Gasteiger partial charge in [-0.1, -0.05) is 12.1 Å². The Kier molecular flexibility index (Phi) is 5.48. The van der Waals surface area contributed by atoms with E-state index in [1.165, 1.54) is 0 Å². The predicted molar refractivity (Wildman–Crippen MR) is 79.6 cm³/mol. The molecule has 1 heterocycles. The molecule has 0 radical (unpaired) electrons. The molecule has 0 atom stereocenters. The van der Waals surface area contributed by atoms with E-state index in [9.17, 15) is 0 Å². The van der Waals surface area contributed by atoms with Crippen molar-refractivity contribution in [3.63, 3.8) is 0 Å². The molecule has 2 rings (SSSR count). The number of methoxy groups -OCH3 is 1. The second-order valence-electron chi connectivity index (χ2n) is 4.41. The van der Waals surface area contributed by atoms with Crippen LogP contribution in [0.3, 0.4) is 0 Å². The summed E-state index contributed by atoms with van der Waals surface area (Å²) in [5.41, 5.74) is 1.06. The van der Waals surface area contributed by atoms with Crippen molar-refractivity contribution in [1.29, 1.82) is 0 Å². The summed E-state index contributed by atoms with van der Waals surface area (Å²) < 4.78 is 10.8. The zero-order chi connectivity index (χ0) is 15.1. The number of aliphatic hydroxyl groups excluding tert-OH is 1. The first-order valence-electron chi connectivity index (χ1n) is 6.67. The number of hydrogen-bond acceptors (Lipinski definition) is 6. The van der Waals surface area contributed by atoms with Gasteiger partial charge in [-0.2, -0.15) is 4.98 Å². The Labute approximate surface area is 123 Å². The fourth-order valence-electron chi connectivity index (χ4n) is 1.82. The zero-order valence-electron chi connectivity index (χ0n) is 12.2. The van der Waals surface area contributed by atoms with E-state index < -0.39 is 0 Å². The summed E-state index contributed by atoms with van der Waals surface area (Å²) in [4.78, 5) is 8.55. The van der Waals surface area contributed by atoms with Crippen LogP contribution in [0.5, 0.6) is 11.6 Å². The van der Waals surface area contributed by atoms with Crippen molar-refractivity contribution in [3.05, 3.63) is 41.7 Å². The van der Waals surface area contributed by atoms with Gasteiger partial charge in [0.1, 0.15) is 18.2 Å². The SMILES string of the molecule is CNc1cc(Oc2ccc(CCO)cc2)nc(COC)n1. The molecule has 1 aromatic heterocycles. The van der Waals surface area contributed by atoms with E-state index in [2.05, 4.69) is 15.3 Å². The van der Waals surface area contributed by atoms with Gasteiger partial charge < -0.3 is 19.9 Å². The molecular weight excluding hydrogens is 270 g/mol. The van der Waals surface area contributed by atoms with Gasteiger partial charge in [0.25, 0.3) is 0 Å². The first-order chi connectivity index (χ1) is 10.2. The number of benzene rings is 1. The van der Waals surface area contributed by atoms with Crippen molar-refractivity contribution in [3.8, 4) is 11.6 Å². The van der Waals surface area contributed by atoms with Gasteiger partial charge >= 0.3 is 0 Å². The maximum absolute atomic E-state index is 8.90. The molecule has 6 nitrogen and oxygen atoms in total. The molecule has 0 saturated carbocycles. The Morgan fingerprint density at radius 1 is 1.19 bits per heavy atom. The highest BCUT2D eigenvalue weighted by Crippen LogP contribution is 2.22. The van der Waals surface area contributed by atoms with Crippen LogP contribution < -0.4 is 10.1 Å². The highest BCUT2D eigenvalue weighted by Gasteiger charge is 2.06. The van der Waals surface area contributed by atoms with E-state index in [1.807, 2.05) is 24.3 Å². The number of hydrogen-bond donors (Lipinski definition) is 2. The molecule has 0 unspecified atom stereocenters. The molecule has 0 fully saturated rings. The lowest BCUT2D eigenvalue weighted by atomic mass is 10.1. The highest BCUT2D eigenvalue weighted by molar-refractivity contribution is 5.39. The molecule has 0 bridgehead atoms. The van der Waals surface area contributed by atoms with Gasteiger partial charge in [0.05, 0.1) is 0 Å². The Hall–Kier alpha value is -2.18. The predicted octanol–water partition coefficient (Wildman–Crippen LogP) is 1.99. The first kappa shape index (κ1) is 15.2. The fraction of sp³-hybridized carbons (Fsp3) is 0.333. The van der Waals surface area contributed by atoms with Crippen LogP contribution in [0.4, 0.5) is 5.82 Å². The molecule has 1 aromatic carbocycles. The highest BCUT2D eigenvalue weighted by atomic mass is 16.5. The molecule has 0 aliphatic carbocycles. The second-order valence-corrected chi connectivity index (χ2v) is 4.41. The molecule has 0 aliphatic rings. The lowest BCUT2D eigenvalue weighted by Gasteiger charge is -2.09. The van der Waals surface area contributed by atoms with Crippen LogP contribution in [0.2, 0.25) is 0 Å². The van der Waals surface area contributed by atoms with Crippen molar-refractivity contribution in [2.75, 3.05) is 26.1 Å². The average Bonchev–Trinajstić information content (AvgIpc) is 2.49. The first-order valence-corrected chi connectivity index (χ1v) is 6.67. The van der Waals surface area contributed by atoms with Gasteiger partial charge in [0, 0.05) is 26.8 Å². The molecule has 0 aliphatic heterocycles. The minimum absolute atomic E-state index is 0.137. The normalized spacial score (nSPS) is 10.4. The summed E-state index contributed by atoms with van der Waals surface area (Å²) in [5, 5.41) is 11.9. The lowest BCUT2D eigenvalue weighted by Crippen LogP contribution is -2.03. The minimum atomic E-state index is 0.137. The van der Waals surface area contributed by atoms with E-state index in [4.69, 9.17) is 14.6 Å². The van der Waals surface area contributed by atoms with Crippen LogP contribution in [0, 0.1) is 0 Å². The number of rotatable bonds is 7. The smallest absolute Gasteiger partial charge is 0.224 e. The van der Waals surface area contributed by atoms with E-state index in [1.54, 1.807) is 20.2 Å². The van der Waals surface area contributed by atoms with Crippen LogP contribution in [-0.4, -0.2) is 35.8 Å². The van der Waals surface area contributed by atoms with Crippen LogP contribution in [0.15, 0.2) is 30.3 Å². The quantitative estimate of drug-likeness (QED) is 0.812. The summed E-state index contributed by atoms with van der Waals surface area (Å²) in [6.45, 7) is 0.458. The maximum Gasteiger partial charge on any atom is 0.224 e. The number of nitrogens with zero attached hydrogens (tertiary/aromatic N) is 2. The van der Waals surface area contributed by atoms with Crippen molar-refractivity contribution in [2.45, 2.75) is 13.0 Å². The summed E-state index contributed by atoms with van der Waals surface area (Å²) >= 11 is 0. The molecule has 2 aromatic rings. The van der Waals surface area contributed by atoms with Gasteiger partial charge in [0.2, 0.25) is 5.88 Å². The zero-order valence-corrected chi connectivity index (χ0v) is 12.2. The van der Waals surface area contributed by atoms with E-state index >= 15 is 0 Å². The topological polar surface area (TPSA) is 76.5 Å². The number of aliphatic hydroxyl groups is 1. The Balaban J connectivity index is 2.15. The molecule has 21 heavy (non-hydrogen) atoms. The van der Waals surface area contributed by atoms with Gasteiger partial charge in [0.15, 0.2) is 5.82 Å². The Bertz CT molecular complexity index is 573. The molecule has 6 heteroatoms. The monoisotopic (exact) mass is 289 g/mol. The third kappa shape index (κ3) is 4.40. The third-order valence-corrected chi connectivity index (χ3v) is 2.82. The van der Waals surface area contributed by atoms with Crippen LogP contribution in [0.1, 0.15) is 11.4 Å². The molecule has 0 saturated heterocycles. The summed E-state index contributed by atoms with van der Waals surface area (Å²) in [6, 6.07) is 9.26. The molecule has 2 N–H and O–H groups in total. The maximum atomic E-state index is 8.90. The lowest BCUT2D eigenvalue weighted by molar-refractivity contribution is 0.177. The van der Waals surface area contributed by atoms with Gasteiger partial charge in [-0.15, -0.1) is 0 Å². The molecule has 0 spiro atoms. The van der Waals surface area contributed by atoms with E-state index in [0.29, 0.717) is 36.3 Å². The van der Waals surface area contributed by atoms with Gasteiger partial charge in [-0.3, -0.25) is 0 Å². The van der Waals surface area contributed by atoms with Gasteiger partial charge in [-0.25, -0.2) is 4.98 Å². The van der Waals surface area contributed by atoms with Crippen molar-refractivity contribution in [2.24, 2.45) is 0 Å². The fourth-order valence-corrected chi connectivity index (χ4v) is 1.82. The van der Waals surface area contributed by atoms with Crippen molar-refractivity contribution in [1.82, 2.24) is 9.97 Å². The number of aromatic nitrogens is 2. The Morgan fingerprint density at radius 2 is 1.95 bits per heavy atom. The van der Waals surface area contributed by atoms with Gasteiger partial charge in [-0.05, 0) is 24.1 Å². The number of ether oxygens (including phenoxy) is 2. The number of anilines is 1. The molecular formula is C15H19N3O3. The number of nitrogens with one attached hydrogen (secondary N) is 1. The summed E-state index contributed by atoms with van der Waals surface area (Å²) in [6.07, 6.45) is 0.635. The summed E-state index contributed by atoms with van der Waals surface area (Å²) in [5.74, 6) is 2.36. The minimum Gasteiger partial charge on any atom is -0.439 e. The molecule has 112 valence electrons. The van der Waals surface area contributed by atoms with E-state index in [0.717, 1.165) is 5.56 Å². The standard InChI is InChI=1S/C15H19N3O3/c1-16-13-9-15(18-14(17-13)10-20-2)21-12-5-3-11(4-6-12)7-8-19/h3-6,9,19H,7-8,10H2,1-2H3,(H,16,17,18). The van der Waals surface area contributed by atoms with E-state index in [-0.39, 0.29) is 6.61 Å².